The van der Waals surface area contributed by atoms with Gasteiger partial charge >= 0.3 is 0 Å². The van der Waals surface area contributed by atoms with Gasteiger partial charge in [0.15, 0.2) is 5.89 Å². The van der Waals surface area contributed by atoms with Crippen molar-refractivity contribution < 1.29 is 13.9 Å². The fourth-order valence-electron chi connectivity index (χ4n) is 4.38. The number of hydrogen-bond donors (Lipinski definition) is 1. The first-order chi connectivity index (χ1) is 13.3. The molecule has 0 unspecified atom stereocenters. The Bertz CT molecular complexity index is 847. The van der Waals surface area contributed by atoms with E-state index in [0.29, 0.717) is 19.0 Å². The molecule has 4 heterocycles. The molecule has 1 amide bonds. The van der Waals surface area contributed by atoms with Crippen LogP contribution >= 0.6 is 12.4 Å². The first kappa shape index (κ1) is 19.4. The summed E-state index contributed by atoms with van der Waals surface area (Å²) in [7, 11) is 0. The molecule has 0 bridgehead atoms. The van der Waals surface area contributed by atoms with Crippen molar-refractivity contribution in [3.8, 4) is 0 Å². The molecule has 0 aliphatic carbocycles. The predicted octanol–water partition coefficient (Wildman–Crippen LogP) is 2.59. The lowest BCUT2D eigenvalue weighted by Gasteiger charge is -2.32. The van der Waals surface area contributed by atoms with Gasteiger partial charge in [0.05, 0.1) is 12.6 Å². The van der Waals surface area contributed by atoms with Crippen LogP contribution in [0.3, 0.4) is 0 Å². The van der Waals surface area contributed by atoms with E-state index < -0.39 is 0 Å². The fraction of sp³-hybridized carbons (Fsp3) is 0.524. The zero-order valence-corrected chi connectivity index (χ0v) is 16.7. The van der Waals surface area contributed by atoms with Gasteiger partial charge in [0, 0.05) is 38.6 Å². The van der Waals surface area contributed by atoms with Crippen LogP contribution in [0.5, 0.6) is 0 Å². The summed E-state index contributed by atoms with van der Waals surface area (Å²) in [6, 6.07) is 8.20. The number of nitrogens with one attached hydrogen (secondary N) is 1. The van der Waals surface area contributed by atoms with Gasteiger partial charge in [0.25, 0.3) is 0 Å². The summed E-state index contributed by atoms with van der Waals surface area (Å²) >= 11 is 0. The molecule has 1 aromatic heterocycles. The van der Waals surface area contributed by atoms with Gasteiger partial charge in [-0.2, -0.15) is 0 Å². The van der Waals surface area contributed by atoms with E-state index in [9.17, 15) is 4.79 Å². The maximum atomic E-state index is 13.1. The van der Waals surface area contributed by atoms with E-state index in [2.05, 4.69) is 23.5 Å². The molecule has 0 radical (unpaired) electrons. The molecule has 0 saturated carbocycles. The molecule has 3 aliphatic rings. The number of carbonyl (C=O) groups is 1. The second-order valence-electron chi connectivity index (χ2n) is 7.72. The van der Waals surface area contributed by atoms with Crippen LogP contribution in [0.25, 0.3) is 0 Å². The van der Waals surface area contributed by atoms with Gasteiger partial charge in [-0.15, -0.1) is 12.4 Å². The Morgan fingerprint density at radius 3 is 2.79 bits per heavy atom. The van der Waals surface area contributed by atoms with E-state index >= 15 is 0 Å². The third kappa shape index (κ3) is 3.69. The van der Waals surface area contributed by atoms with Crippen LogP contribution in [0.15, 0.2) is 28.7 Å². The first-order valence-corrected chi connectivity index (χ1v) is 9.93. The molecule has 1 atom stereocenters. The number of rotatable bonds is 2. The molecule has 5 rings (SSSR count). The van der Waals surface area contributed by atoms with E-state index in [1.165, 1.54) is 11.1 Å². The number of ether oxygens (including phenoxy) is 1. The van der Waals surface area contributed by atoms with Crippen molar-refractivity contribution >= 4 is 18.3 Å². The van der Waals surface area contributed by atoms with Crippen LogP contribution in [0, 0.1) is 0 Å². The topological polar surface area (TPSA) is 67.6 Å². The number of fused-ring (bicyclic) bond motifs is 2. The first-order valence-electron chi connectivity index (χ1n) is 9.93. The Balaban J connectivity index is 0.00000192. The molecular weight excluding hydrogens is 378 g/mol. The number of oxazole rings is 1. The number of carbonyl (C=O) groups excluding carboxylic acids is 1. The highest BCUT2D eigenvalue weighted by atomic mass is 35.5. The van der Waals surface area contributed by atoms with Gasteiger partial charge in [-0.1, -0.05) is 24.3 Å². The molecule has 28 heavy (non-hydrogen) atoms. The maximum absolute atomic E-state index is 13.1. The molecule has 3 aliphatic heterocycles. The van der Waals surface area contributed by atoms with Crippen LogP contribution in [0.1, 0.15) is 47.2 Å². The largest absolute Gasteiger partial charge is 0.445 e. The number of nitrogens with zero attached hydrogens (tertiary/aromatic N) is 2. The molecule has 0 spiro atoms. The lowest BCUT2D eigenvalue weighted by molar-refractivity contribution is -0.134. The Morgan fingerprint density at radius 2 is 1.96 bits per heavy atom. The van der Waals surface area contributed by atoms with Crippen molar-refractivity contribution in [2.24, 2.45) is 0 Å². The molecular formula is C21H26ClN3O3. The summed E-state index contributed by atoms with van der Waals surface area (Å²) in [6.45, 7) is 3.56. The number of benzene rings is 1. The molecule has 1 saturated heterocycles. The highest BCUT2D eigenvalue weighted by Crippen LogP contribution is 2.30. The average molecular weight is 404 g/mol. The minimum Gasteiger partial charge on any atom is -0.445 e. The van der Waals surface area contributed by atoms with Gasteiger partial charge in [0.2, 0.25) is 5.91 Å². The number of halogens is 1. The summed E-state index contributed by atoms with van der Waals surface area (Å²) in [5.41, 5.74) is 3.50. The number of hydrogen-bond acceptors (Lipinski definition) is 5. The number of amides is 1. The van der Waals surface area contributed by atoms with Gasteiger partial charge < -0.3 is 19.4 Å². The third-order valence-electron chi connectivity index (χ3n) is 6.01. The second kappa shape index (κ2) is 8.23. The summed E-state index contributed by atoms with van der Waals surface area (Å²) in [5, 5.41) is 3.40. The van der Waals surface area contributed by atoms with E-state index in [4.69, 9.17) is 14.1 Å². The zero-order valence-electron chi connectivity index (χ0n) is 15.9. The zero-order chi connectivity index (χ0) is 18.2. The van der Waals surface area contributed by atoms with Crippen LogP contribution in [0.4, 0.5) is 0 Å². The number of aromatic nitrogens is 1. The lowest BCUT2D eigenvalue weighted by atomic mass is 9.95. The smallest absolute Gasteiger partial charge is 0.240 e. The maximum Gasteiger partial charge on any atom is 0.240 e. The Hall–Kier alpha value is -1.89. The summed E-state index contributed by atoms with van der Waals surface area (Å²) < 4.78 is 11.5. The monoisotopic (exact) mass is 403 g/mol. The standard InChI is InChI=1S/C21H25N3O3.ClH/c25-21(17-11-15-3-1-2-4-16(15)12-22-17)24-8-5-19-18(13-24)23-20(27-19)14-6-9-26-10-7-14;/h1-4,14,17,22H,5-13H2;1H/t17-;/m1./s1. The molecule has 1 N–H and O–H groups in total. The minimum atomic E-state index is -0.150. The van der Waals surface area contributed by atoms with Crippen LogP contribution in [0.2, 0.25) is 0 Å². The molecule has 7 heteroatoms. The van der Waals surface area contributed by atoms with Crippen molar-refractivity contribution in [2.75, 3.05) is 19.8 Å². The van der Waals surface area contributed by atoms with Crippen LogP contribution in [-0.2, 0) is 35.5 Å². The minimum absolute atomic E-state index is 0. The van der Waals surface area contributed by atoms with Crippen molar-refractivity contribution in [1.29, 1.82) is 0 Å². The van der Waals surface area contributed by atoms with Crippen molar-refractivity contribution in [1.82, 2.24) is 15.2 Å². The van der Waals surface area contributed by atoms with Gasteiger partial charge in [-0.3, -0.25) is 4.79 Å². The lowest BCUT2D eigenvalue weighted by Crippen LogP contribution is -2.50. The fourth-order valence-corrected chi connectivity index (χ4v) is 4.38. The molecule has 2 aromatic rings. The highest BCUT2D eigenvalue weighted by molar-refractivity contribution is 5.85. The van der Waals surface area contributed by atoms with Crippen molar-refractivity contribution in [2.45, 2.75) is 50.7 Å². The molecule has 6 nitrogen and oxygen atoms in total. The Kier molecular flexibility index (Phi) is 5.71. The van der Waals surface area contributed by atoms with Crippen LogP contribution in [-0.4, -0.2) is 41.6 Å². The summed E-state index contributed by atoms with van der Waals surface area (Å²) in [5.74, 6) is 2.32. The molecule has 1 aromatic carbocycles. The normalized spacial score (nSPS) is 22.1. The summed E-state index contributed by atoms with van der Waals surface area (Å²) in [4.78, 5) is 19.8. The predicted molar refractivity (Wildman–Crippen MR) is 106 cm³/mol. The average Bonchev–Trinajstić information content (AvgIpc) is 3.17. The van der Waals surface area contributed by atoms with Gasteiger partial charge in [0.1, 0.15) is 11.5 Å². The van der Waals surface area contributed by atoms with Gasteiger partial charge in [-0.25, -0.2) is 4.98 Å². The molecule has 150 valence electrons. The van der Waals surface area contributed by atoms with Crippen molar-refractivity contribution in [3.63, 3.8) is 0 Å². The second-order valence-corrected chi connectivity index (χ2v) is 7.72. The highest BCUT2D eigenvalue weighted by Gasteiger charge is 2.32. The van der Waals surface area contributed by atoms with Gasteiger partial charge in [-0.05, 0) is 30.4 Å². The quantitative estimate of drug-likeness (QED) is 0.834. The Labute approximate surface area is 171 Å². The van der Waals surface area contributed by atoms with E-state index in [1.54, 1.807) is 0 Å². The Morgan fingerprint density at radius 1 is 1.18 bits per heavy atom. The van der Waals surface area contributed by atoms with E-state index in [1.807, 2.05) is 11.0 Å². The SMILES string of the molecule is Cl.O=C([C@H]1Cc2ccccc2CN1)N1CCc2oc(C3CCOCC3)nc2C1. The van der Waals surface area contributed by atoms with Crippen LogP contribution < -0.4 is 5.32 Å². The van der Waals surface area contributed by atoms with Crippen molar-refractivity contribution in [3.05, 3.63) is 52.7 Å². The summed E-state index contributed by atoms with van der Waals surface area (Å²) in [6.07, 6.45) is 3.44. The molecule has 1 fully saturated rings. The van der Waals surface area contributed by atoms with E-state index in [-0.39, 0.29) is 24.4 Å². The third-order valence-corrected chi connectivity index (χ3v) is 6.01. The van der Waals surface area contributed by atoms with E-state index in [0.717, 1.165) is 62.8 Å².